The molecule has 0 atom stereocenters. The van der Waals surface area contributed by atoms with Gasteiger partial charge < -0.3 is 0 Å². The highest BCUT2D eigenvalue weighted by molar-refractivity contribution is 7.58. The SMILES string of the molecule is C[Si](C)(C)[SiH2][SiH2][Si](C)(C)C. The van der Waals surface area contributed by atoms with Crippen LogP contribution in [0.1, 0.15) is 0 Å². The van der Waals surface area contributed by atoms with E-state index in [1.54, 1.807) is 0 Å². The van der Waals surface area contributed by atoms with Crippen molar-refractivity contribution < 1.29 is 0 Å². The van der Waals surface area contributed by atoms with Crippen LogP contribution >= 0.6 is 0 Å². The van der Waals surface area contributed by atoms with Gasteiger partial charge in [-0.3, -0.25) is 0 Å². The minimum absolute atomic E-state index is 0.485. The first kappa shape index (κ1) is 10.9. The maximum absolute atomic E-state index is 2.56. The molecule has 0 bridgehead atoms. The molecule has 0 nitrogen and oxygen atoms in total. The van der Waals surface area contributed by atoms with E-state index in [0.717, 1.165) is 0 Å². The molecule has 0 aliphatic heterocycles. The average Bonchev–Trinajstić information content (AvgIpc) is 1.57. The third-order valence-corrected chi connectivity index (χ3v) is 50.6. The zero-order valence-corrected chi connectivity index (χ0v) is 13.2. The molecule has 4 heteroatoms. The fourth-order valence-electron chi connectivity index (χ4n) is 0.750. The lowest BCUT2D eigenvalue weighted by atomic mass is 11.8. The van der Waals surface area contributed by atoms with Crippen molar-refractivity contribution in [2.24, 2.45) is 0 Å². The molecular formula is C6H22Si4. The first-order valence-electron chi connectivity index (χ1n) is 4.21. The lowest BCUT2D eigenvalue weighted by Crippen LogP contribution is -2.45. The lowest BCUT2D eigenvalue weighted by molar-refractivity contribution is 1.85. The van der Waals surface area contributed by atoms with Gasteiger partial charge in [-0.25, -0.2) is 0 Å². The zero-order chi connectivity index (χ0) is 8.41. The zero-order valence-electron chi connectivity index (χ0n) is 8.41. The van der Waals surface area contributed by atoms with E-state index in [4.69, 9.17) is 0 Å². The first-order valence-corrected chi connectivity index (χ1v) is 19.9. The summed E-state index contributed by atoms with van der Waals surface area (Å²) in [5.74, 6) is 0. The Morgan fingerprint density at radius 3 is 0.900 bits per heavy atom. The van der Waals surface area contributed by atoms with Gasteiger partial charge in [-0.2, -0.15) is 0 Å². The van der Waals surface area contributed by atoms with E-state index in [1.165, 1.54) is 0 Å². The van der Waals surface area contributed by atoms with E-state index >= 15 is 0 Å². The van der Waals surface area contributed by atoms with E-state index in [-0.39, 0.29) is 0 Å². The smallest absolute Gasteiger partial charge is 0.0276 e. The Bertz CT molecular complexity index is 83.3. The predicted octanol–water partition coefficient (Wildman–Crippen LogP) is 0.909. The highest BCUT2D eigenvalue weighted by Crippen LogP contribution is 2.02. The van der Waals surface area contributed by atoms with E-state index < -0.39 is 15.2 Å². The van der Waals surface area contributed by atoms with Crippen molar-refractivity contribution in [2.75, 3.05) is 0 Å². The highest BCUT2D eigenvalue weighted by atomic mass is 29.8. The fraction of sp³-hybridized carbons (Fsp3) is 1.00. The van der Waals surface area contributed by atoms with Crippen LogP contribution in [0.15, 0.2) is 0 Å². The van der Waals surface area contributed by atoms with Crippen LogP contribution < -0.4 is 0 Å². The Kier molecular flexibility index (Phi) is 3.81. The summed E-state index contributed by atoms with van der Waals surface area (Å²) in [6, 6.07) is 0. The molecular weight excluding hydrogens is 184 g/mol. The number of hydrogen-bond acceptors (Lipinski definition) is 0. The molecule has 0 N–H and O–H groups in total. The third kappa shape index (κ3) is 8.87. The van der Waals surface area contributed by atoms with Gasteiger partial charge in [0.2, 0.25) is 0 Å². The predicted molar refractivity (Wildman–Crippen MR) is 63.8 cm³/mol. The Morgan fingerprint density at radius 2 is 0.800 bits per heavy atom. The summed E-state index contributed by atoms with van der Waals surface area (Å²) < 4.78 is 0. The second-order valence-electron chi connectivity index (χ2n) is 5.62. The fourth-order valence-corrected chi connectivity index (χ4v) is 60.7. The molecule has 62 valence electrons. The molecule has 10 heavy (non-hydrogen) atoms. The monoisotopic (exact) mass is 206 g/mol. The van der Waals surface area contributed by atoms with Gasteiger partial charge in [0.05, 0.1) is 0 Å². The summed E-state index contributed by atoms with van der Waals surface area (Å²) in [5.41, 5.74) is 0. The maximum atomic E-state index is 2.56. The normalized spacial score (nSPS) is 16.2. The van der Waals surface area contributed by atoms with Crippen LogP contribution in [0, 0.1) is 0 Å². The van der Waals surface area contributed by atoms with Crippen LogP contribution in [0.25, 0.3) is 0 Å². The van der Waals surface area contributed by atoms with E-state index in [9.17, 15) is 0 Å². The minimum Gasteiger partial charge on any atom is -0.0722 e. The molecule has 0 aromatic heterocycles. The minimum atomic E-state index is -0.532. The van der Waals surface area contributed by atoms with Crippen LogP contribution in [0.5, 0.6) is 0 Å². The molecule has 0 unspecified atom stereocenters. The summed E-state index contributed by atoms with van der Waals surface area (Å²) in [6.07, 6.45) is 0. The molecule has 0 aliphatic rings. The van der Waals surface area contributed by atoms with Gasteiger partial charge in [0.1, 0.15) is 0 Å². The van der Waals surface area contributed by atoms with E-state index in [0.29, 0.717) is 17.1 Å². The van der Waals surface area contributed by atoms with Crippen molar-refractivity contribution in [3.63, 3.8) is 0 Å². The van der Waals surface area contributed by atoms with Crippen LogP contribution in [0.2, 0.25) is 39.3 Å². The largest absolute Gasteiger partial charge is 0.0722 e. The first-order chi connectivity index (χ1) is 4.21. The second-order valence-corrected chi connectivity index (χ2v) is 41.6. The third-order valence-electron chi connectivity index (χ3n) is 1.62. The molecule has 0 radical (unpaired) electrons. The summed E-state index contributed by atoms with van der Waals surface area (Å²) in [7, 11) is -0.0934. The van der Waals surface area contributed by atoms with Crippen LogP contribution in [-0.2, 0) is 0 Å². The van der Waals surface area contributed by atoms with Gasteiger partial charge in [-0.1, -0.05) is 39.3 Å². The molecule has 0 rings (SSSR count). The second kappa shape index (κ2) is 3.51. The molecule has 0 fully saturated rings. The van der Waals surface area contributed by atoms with Gasteiger partial charge in [0.15, 0.2) is 0 Å². The molecule has 0 amide bonds. The Morgan fingerprint density at radius 1 is 0.600 bits per heavy atom. The topological polar surface area (TPSA) is 0 Å². The van der Waals surface area contributed by atoms with Gasteiger partial charge in [0, 0.05) is 32.3 Å². The Labute approximate surface area is 71.8 Å². The lowest BCUT2D eigenvalue weighted by Gasteiger charge is -2.20. The standard InChI is InChI=1S/C6H22Si4/c1-9(2,3)7-8-10(4,5)6/h7-8H2,1-6H3. The molecule has 0 aromatic carbocycles. The van der Waals surface area contributed by atoms with Crippen molar-refractivity contribution in [3.8, 4) is 0 Å². The van der Waals surface area contributed by atoms with Crippen molar-refractivity contribution >= 4 is 32.3 Å². The average molecular weight is 207 g/mol. The molecule has 0 aliphatic carbocycles. The van der Waals surface area contributed by atoms with Crippen LogP contribution in [-0.4, -0.2) is 32.3 Å². The summed E-state index contributed by atoms with van der Waals surface area (Å²) in [5, 5.41) is 0. The molecule has 0 heterocycles. The highest BCUT2D eigenvalue weighted by Gasteiger charge is 2.20. The molecule has 0 saturated heterocycles. The van der Waals surface area contributed by atoms with Crippen LogP contribution in [0.4, 0.5) is 0 Å². The summed E-state index contributed by atoms with van der Waals surface area (Å²) >= 11 is 0. The molecule has 0 spiro atoms. The molecule has 0 saturated carbocycles. The van der Waals surface area contributed by atoms with Gasteiger partial charge in [0.25, 0.3) is 0 Å². The van der Waals surface area contributed by atoms with Crippen LogP contribution in [0.3, 0.4) is 0 Å². The van der Waals surface area contributed by atoms with Crippen molar-refractivity contribution in [1.82, 2.24) is 0 Å². The van der Waals surface area contributed by atoms with Crippen molar-refractivity contribution in [3.05, 3.63) is 0 Å². The van der Waals surface area contributed by atoms with Gasteiger partial charge in [-0.15, -0.1) is 0 Å². The summed E-state index contributed by atoms with van der Waals surface area (Å²) in [6.45, 7) is 15.4. The van der Waals surface area contributed by atoms with E-state index in [1.807, 2.05) is 0 Å². The van der Waals surface area contributed by atoms with Crippen molar-refractivity contribution in [1.29, 1.82) is 0 Å². The number of hydrogen-bond donors (Lipinski definition) is 0. The van der Waals surface area contributed by atoms with E-state index in [2.05, 4.69) is 39.3 Å². The Hall–Kier alpha value is 0.868. The molecule has 0 aromatic rings. The van der Waals surface area contributed by atoms with Gasteiger partial charge in [-0.05, 0) is 0 Å². The Balaban J connectivity index is 3.56. The quantitative estimate of drug-likeness (QED) is 0.603. The van der Waals surface area contributed by atoms with Crippen molar-refractivity contribution in [2.45, 2.75) is 39.3 Å². The van der Waals surface area contributed by atoms with Gasteiger partial charge >= 0.3 is 0 Å². The summed E-state index contributed by atoms with van der Waals surface area (Å²) in [4.78, 5) is 0. The number of rotatable bonds is 3. The maximum Gasteiger partial charge on any atom is 0.0276 e.